The molecule has 0 aliphatic carbocycles. The summed E-state index contributed by atoms with van der Waals surface area (Å²) in [7, 11) is -1.33. The Kier molecular flexibility index (Phi) is 8.00. The first-order valence-electron chi connectivity index (χ1n) is 13.9. The van der Waals surface area contributed by atoms with Gasteiger partial charge in [0.2, 0.25) is 11.5 Å². The van der Waals surface area contributed by atoms with Crippen LogP contribution in [0.2, 0.25) is 0 Å². The predicted octanol–water partition coefficient (Wildman–Crippen LogP) is 5.64. The van der Waals surface area contributed by atoms with Crippen molar-refractivity contribution in [3.63, 3.8) is 0 Å². The molecule has 10 heteroatoms. The van der Waals surface area contributed by atoms with Crippen molar-refractivity contribution in [2.24, 2.45) is 0 Å². The second-order valence-electron chi connectivity index (χ2n) is 11.0. The maximum Gasteiger partial charge on any atom is 0.351 e. The number of fused-ring (bicyclic) bond motifs is 1. The molecular formula is C30H39N6O3S+. The van der Waals surface area contributed by atoms with Gasteiger partial charge >= 0.3 is 5.95 Å². The maximum atomic E-state index is 13.0. The van der Waals surface area contributed by atoms with Crippen LogP contribution in [0, 0.1) is 0 Å². The summed E-state index contributed by atoms with van der Waals surface area (Å²) in [6.45, 7) is 9.60. The Balaban J connectivity index is 1.49. The van der Waals surface area contributed by atoms with Crippen molar-refractivity contribution in [3.8, 4) is 5.75 Å². The molecule has 1 aliphatic heterocycles. The number of para-hydroxylation sites is 1. The van der Waals surface area contributed by atoms with E-state index in [9.17, 15) is 8.42 Å². The topological polar surface area (TPSA) is 113 Å². The Labute approximate surface area is 236 Å². The molecule has 4 N–H and O–H groups in total. The first-order valence-corrected chi connectivity index (χ1v) is 15.4. The third-order valence-electron chi connectivity index (χ3n) is 7.35. The summed E-state index contributed by atoms with van der Waals surface area (Å²) < 4.78 is 32.3. The first-order chi connectivity index (χ1) is 19.1. The Morgan fingerprint density at radius 2 is 1.77 bits per heavy atom. The van der Waals surface area contributed by atoms with Crippen LogP contribution in [0.15, 0.2) is 59.6 Å². The van der Waals surface area contributed by atoms with E-state index in [2.05, 4.69) is 50.7 Å². The molecule has 0 unspecified atom stereocenters. The van der Waals surface area contributed by atoms with Gasteiger partial charge in [-0.3, -0.25) is 10.3 Å². The highest BCUT2D eigenvalue weighted by Gasteiger charge is 2.25. The average Bonchev–Trinajstić information content (AvgIpc) is 3.39. The second kappa shape index (κ2) is 11.5. The van der Waals surface area contributed by atoms with Crippen molar-refractivity contribution in [1.29, 1.82) is 0 Å². The SMILES string of the molecule is CC(C)Oc1cc(C2CCN(C)CC2)ccc1Nc1nc(Nc2ccccc2S(=O)(=O)C(C)C)c2cc[nH]c2[nH+]1. The number of ether oxygens (including phenoxy) is 1. The van der Waals surface area contributed by atoms with E-state index in [1.807, 2.05) is 32.2 Å². The van der Waals surface area contributed by atoms with Gasteiger partial charge in [0.1, 0.15) is 5.69 Å². The number of nitrogens with one attached hydrogen (secondary N) is 4. The van der Waals surface area contributed by atoms with Crippen LogP contribution in [-0.4, -0.2) is 54.8 Å². The van der Waals surface area contributed by atoms with E-state index in [0.29, 0.717) is 23.4 Å². The van der Waals surface area contributed by atoms with Gasteiger partial charge in [0, 0.05) is 6.20 Å². The van der Waals surface area contributed by atoms with Gasteiger partial charge in [-0.2, -0.15) is 0 Å². The highest BCUT2D eigenvalue weighted by molar-refractivity contribution is 7.92. The van der Waals surface area contributed by atoms with Gasteiger partial charge in [-0.15, -0.1) is 0 Å². The molecule has 0 bridgehead atoms. The highest BCUT2D eigenvalue weighted by atomic mass is 32.2. The molecule has 0 spiro atoms. The van der Waals surface area contributed by atoms with Gasteiger partial charge in [-0.1, -0.05) is 23.2 Å². The number of piperidine rings is 1. The van der Waals surface area contributed by atoms with Crippen molar-refractivity contribution in [3.05, 3.63) is 60.3 Å². The van der Waals surface area contributed by atoms with Gasteiger partial charge in [-0.05, 0) is 102 Å². The van der Waals surface area contributed by atoms with E-state index in [1.54, 1.807) is 32.0 Å². The first kappa shape index (κ1) is 27.9. The monoisotopic (exact) mass is 563 g/mol. The zero-order valence-electron chi connectivity index (χ0n) is 23.8. The van der Waals surface area contributed by atoms with Crippen molar-refractivity contribution >= 4 is 44.0 Å². The number of hydrogen-bond acceptors (Lipinski definition) is 7. The van der Waals surface area contributed by atoms with Crippen LogP contribution in [0.3, 0.4) is 0 Å². The number of benzene rings is 2. The fourth-order valence-corrected chi connectivity index (χ4v) is 6.26. The molecule has 0 saturated carbocycles. The van der Waals surface area contributed by atoms with E-state index in [1.165, 1.54) is 5.56 Å². The fraction of sp³-hybridized carbons (Fsp3) is 0.400. The van der Waals surface area contributed by atoms with E-state index >= 15 is 0 Å². The van der Waals surface area contributed by atoms with Crippen LogP contribution in [0.25, 0.3) is 11.0 Å². The number of nitrogens with zero attached hydrogens (tertiary/aromatic N) is 2. The number of sulfone groups is 1. The number of rotatable bonds is 9. The summed E-state index contributed by atoms with van der Waals surface area (Å²) in [5.74, 6) is 2.30. The molecule has 0 radical (unpaired) electrons. The lowest BCUT2D eigenvalue weighted by Gasteiger charge is -2.29. The smallest absolute Gasteiger partial charge is 0.351 e. The molecule has 5 rings (SSSR count). The second-order valence-corrected chi connectivity index (χ2v) is 13.5. The average molecular weight is 564 g/mol. The molecule has 1 fully saturated rings. The lowest BCUT2D eigenvalue weighted by atomic mass is 9.89. The summed E-state index contributed by atoms with van der Waals surface area (Å²) >= 11 is 0. The minimum atomic E-state index is -3.50. The van der Waals surface area contributed by atoms with Crippen LogP contribution in [0.1, 0.15) is 52.0 Å². The van der Waals surface area contributed by atoms with E-state index in [4.69, 9.17) is 9.72 Å². The number of hydrogen-bond donors (Lipinski definition) is 3. The lowest BCUT2D eigenvalue weighted by Crippen LogP contribution is -2.29. The Morgan fingerprint density at radius 1 is 1.02 bits per heavy atom. The van der Waals surface area contributed by atoms with Crippen molar-refractivity contribution < 1.29 is 18.1 Å². The molecule has 4 aromatic rings. The summed E-state index contributed by atoms with van der Waals surface area (Å²) in [6.07, 6.45) is 4.09. The van der Waals surface area contributed by atoms with Crippen LogP contribution in [0.5, 0.6) is 5.75 Å². The molecule has 2 aromatic heterocycles. The van der Waals surface area contributed by atoms with Crippen LogP contribution in [0.4, 0.5) is 23.1 Å². The molecular weight excluding hydrogens is 524 g/mol. The van der Waals surface area contributed by atoms with E-state index < -0.39 is 15.1 Å². The van der Waals surface area contributed by atoms with E-state index in [0.717, 1.165) is 48.4 Å². The summed E-state index contributed by atoms with van der Waals surface area (Å²) in [5, 5.41) is 6.95. The van der Waals surface area contributed by atoms with Gasteiger partial charge < -0.3 is 15.0 Å². The quantitative estimate of drug-likeness (QED) is 0.241. The van der Waals surface area contributed by atoms with Crippen molar-refractivity contribution in [1.82, 2.24) is 14.9 Å². The standard InChI is InChI=1S/C30H38N6O3S/c1-19(2)39-26-18-22(21-13-16-36(5)17-14-21)10-11-24(26)33-30-34-28-23(12-15-31-28)29(35-30)32-25-8-6-7-9-27(25)40(37,38)20(3)4/h6-12,15,18-21H,13-14,16-17H2,1-5H3,(H3,31,32,33,34,35)/p+1. The molecule has 3 heterocycles. The minimum absolute atomic E-state index is 0.00718. The maximum absolute atomic E-state index is 13.0. The van der Waals surface area contributed by atoms with Gasteiger partial charge in [-0.25, -0.2) is 13.4 Å². The van der Waals surface area contributed by atoms with Crippen LogP contribution in [-0.2, 0) is 9.84 Å². The fourth-order valence-electron chi connectivity index (χ4n) is 5.06. The third-order valence-corrected chi connectivity index (χ3v) is 9.56. The Morgan fingerprint density at radius 3 is 2.50 bits per heavy atom. The number of likely N-dealkylation sites (tertiary alicyclic amines) is 1. The zero-order chi connectivity index (χ0) is 28.4. The summed E-state index contributed by atoms with van der Waals surface area (Å²) in [6, 6.07) is 15.2. The summed E-state index contributed by atoms with van der Waals surface area (Å²) in [4.78, 5) is 14.0. The predicted molar refractivity (Wildman–Crippen MR) is 160 cm³/mol. The number of aromatic nitrogens is 3. The van der Waals surface area contributed by atoms with Crippen molar-refractivity contribution in [2.75, 3.05) is 30.8 Å². The zero-order valence-corrected chi connectivity index (χ0v) is 24.6. The lowest BCUT2D eigenvalue weighted by molar-refractivity contribution is -0.333. The molecule has 2 aromatic carbocycles. The molecule has 212 valence electrons. The molecule has 1 aliphatic rings. The largest absolute Gasteiger partial charge is 0.488 e. The number of aromatic amines is 2. The normalized spacial score (nSPS) is 15.2. The minimum Gasteiger partial charge on any atom is -0.488 e. The summed E-state index contributed by atoms with van der Waals surface area (Å²) in [5.41, 5.74) is 3.32. The Hall–Kier alpha value is -3.63. The van der Waals surface area contributed by atoms with E-state index in [-0.39, 0.29) is 11.0 Å². The van der Waals surface area contributed by atoms with Crippen LogP contribution >= 0.6 is 0 Å². The number of anilines is 4. The van der Waals surface area contributed by atoms with Gasteiger partial charge in [0.25, 0.3) is 0 Å². The number of H-pyrrole nitrogens is 2. The molecule has 0 atom stereocenters. The molecule has 1 saturated heterocycles. The van der Waals surface area contributed by atoms with Gasteiger partial charge in [0.15, 0.2) is 15.6 Å². The Bertz CT molecular complexity index is 1590. The third kappa shape index (κ3) is 5.93. The highest BCUT2D eigenvalue weighted by Crippen LogP contribution is 2.36. The molecule has 9 nitrogen and oxygen atoms in total. The van der Waals surface area contributed by atoms with Crippen molar-refractivity contribution in [2.45, 2.75) is 62.7 Å². The van der Waals surface area contributed by atoms with Gasteiger partial charge in [0.05, 0.1) is 27.3 Å². The molecule has 0 amide bonds. The molecule has 40 heavy (non-hydrogen) atoms. The van der Waals surface area contributed by atoms with Crippen LogP contribution < -0.4 is 20.4 Å².